The molecule has 1 aliphatic heterocycles. The smallest absolute Gasteiger partial charge is 0.254 e. The van der Waals surface area contributed by atoms with Crippen LogP contribution < -0.4 is 4.72 Å². The number of hydrogen-bond donors (Lipinski definition) is 1. The maximum atomic E-state index is 13.5. The molecule has 2 aromatic carbocycles. The number of anilines is 1. The maximum Gasteiger partial charge on any atom is 0.254 e. The maximum absolute atomic E-state index is 13.5. The van der Waals surface area contributed by atoms with Gasteiger partial charge >= 0.3 is 0 Å². The number of rotatable bonds is 5. The van der Waals surface area contributed by atoms with Crippen molar-refractivity contribution in [3.05, 3.63) is 57.6 Å². The number of carbonyl (C=O) groups excluding carboxylic acids is 1. The van der Waals surface area contributed by atoms with Gasteiger partial charge in [-0.15, -0.1) is 0 Å². The molecule has 1 N–H and O–H groups in total. The van der Waals surface area contributed by atoms with Crippen LogP contribution in [-0.2, 0) is 20.0 Å². The lowest BCUT2D eigenvalue weighted by molar-refractivity contribution is 0.0698. The van der Waals surface area contributed by atoms with E-state index in [1.165, 1.54) is 10.4 Å². The van der Waals surface area contributed by atoms with Gasteiger partial charge in [0, 0.05) is 37.4 Å². The van der Waals surface area contributed by atoms with Crippen molar-refractivity contribution in [3.8, 4) is 0 Å². The minimum absolute atomic E-state index is 0.195. The molecule has 0 unspecified atom stereocenters. The fraction of sp³-hybridized carbons (Fsp3) is 0.435. The van der Waals surface area contributed by atoms with Crippen molar-refractivity contribution in [1.82, 2.24) is 9.21 Å². The second-order valence-electron chi connectivity index (χ2n) is 8.61. The zero-order valence-electron chi connectivity index (χ0n) is 19.9. The lowest BCUT2D eigenvalue weighted by Gasteiger charge is -2.35. The summed E-state index contributed by atoms with van der Waals surface area (Å²) in [5, 5.41) is 0. The third kappa shape index (κ3) is 5.07. The van der Waals surface area contributed by atoms with Crippen LogP contribution in [0.1, 0.15) is 38.2 Å². The number of nitrogens with one attached hydrogen (secondary N) is 1. The van der Waals surface area contributed by atoms with Crippen molar-refractivity contribution in [1.29, 1.82) is 0 Å². The standard InChI is InChI=1S/C23H31N3O5S2/c1-15-16(2)18(4)22(19(5)17(15)3)33(30,31)26-12-10-25(11-13-26)23(27)20-8-7-9-21(14-20)24-32(6,28)29/h7-9,14,24H,10-13H2,1-6H3. The van der Waals surface area contributed by atoms with Crippen LogP contribution in [-0.4, -0.2) is 64.4 Å². The van der Waals surface area contributed by atoms with Gasteiger partial charge in [0.15, 0.2) is 0 Å². The largest absolute Gasteiger partial charge is 0.336 e. The number of carbonyl (C=O) groups is 1. The molecule has 0 radical (unpaired) electrons. The molecule has 1 amide bonds. The second kappa shape index (κ2) is 9.08. The van der Waals surface area contributed by atoms with E-state index in [9.17, 15) is 21.6 Å². The van der Waals surface area contributed by atoms with Gasteiger partial charge in [0.05, 0.1) is 11.2 Å². The Balaban J connectivity index is 1.79. The third-order valence-electron chi connectivity index (χ3n) is 6.47. The van der Waals surface area contributed by atoms with Crippen molar-refractivity contribution < 1.29 is 21.6 Å². The molecule has 180 valence electrons. The molecule has 2 aromatic rings. The Morgan fingerprint density at radius 1 is 0.818 bits per heavy atom. The Morgan fingerprint density at radius 3 is 1.85 bits per heavy atom. The molecule has 0 aliphatic carbocycles. The Hall–Kier alpha value is -2.43. The van der Waals surface area contributed by atoms with Gasteiger partial charge < -0.3 is 4.90 Å². The van der Waals surface area contributed by atoms with E-state index in [2.05, 4.69) is 4.72 Å². The van der Waals surface area contributed by atoms with Crippen molar-refractivity contribution in [2.24, 2.45) is 0 Å². The predicted octanol–water partition coefficient (Wildman–Crippen LogP) is 2.75. The summed E-state index contributed by atoms with van der Waals surface area (Å²) in [6, 6.07) is 6.27. The van der Waals surface area contributed by atoms with Crippen molar-refractivity contribution in [2.45, 2.75) is 39.5 Å². The average Bonchev–Trinajstić information content (AvgIpc) is 2.75. The minimum Gasteiger partial charge on any atom is -0.336 e. The van der Waals surface area contributed by atoms with Crippen molar-refractivity contribution >= 4 is 31.6 Å². The molecule has 33 heavy (non-hydrogen) atoms. The Kier molecular flexibility index (Phi) is 6.93. The van der Waals surface area contributed by atoms with Gasteiger partial charge in [-0.3, -0.25) is 9.52 Å². The molecular weight excluding hydrogens is 462 g/mol. The van der Waals surface area contributed by atoms with Gasteiger partial charge in [0.1, 0.15) is 0 Å². The van der Waals surface area contributed by atoms with E-state index in [1.54, 1.807) is 23.1 Å². The topological polar surface area (TPSA) is 104 Å². The first kappa shape index (κ1) is 25.2. The van der Waals surface area contributed by atoms with Crippen LogP contribution in [0.2, 0.25) is 0 Å². The highest BCUT2D eigenvalue weighted by molar-refractivity contribution is 7.92. The number of nitrogens with zero attached hydrogens (tertiary/aromatic N) is 2. The molecule has 0 spiro atoms. The van der Waals surface area contributed by atoms with Gasteiger partial charge in [-0.25, -0.2) is 16.8 Å². The van der Waals surface area contributed by atoms with E-state index in [1.807, 2.05) is 34.6 Å². The molecule has 1 aliphatic rings. The third-order valence-corrected chi connectivity index (χ3v) is 9.25. The molecule has 0 atom stereocenters. The van der Waals surface area contributed by atoms with E-state index in [-0.39, 0.29) is 32.1 Å². The molecule has 8 nitrogen and oxygen atoms in total. The first-order valence-electron chi connectivity index (χ1n) is 10.7. The number of piperazine rings is 1. The summed E-state index contributed by atoms with van der Waals surface area (Å²) in [4.78, 5) is 14.9. The molecule has 0 saturated carbocycles. The first-order chi connectivity index (χ1) is 15.2. The minimum atomic E-state index is -3.71. The van der Waals surface area contributed by atoms with Gasteiger partial charge in [0.25, 0.3) is 5.91 Å². The van der Waals surface area contributed by atoms with Crippen LogP contribution in [0.25, 0.3) is 0 Å². The van der Waals surface area contributed by atoms with E-state index in [0.29, 0.717) is 16.1 Å². The summed E-state index contributed by atoms with van der Waals surface area (Å²) in [7, 11) is -7.17. The summed E-state index contributed by atoms with van der Waals surface area (Å²) in [5.41, 5.74) is 5.25. The fourth-order valence-electron chi connectivity index (χ4n) is 4.23. The summed E-state index contributed by atoms with van der Waals surface area (Å²) in [6.45, 7) is 10.5. The van der Waals surface area contributed by atoms with Gasteiger partial charge in [-0.1, -0.05) is 6.07 Å². The molecule has 3 rings (SSSR count). The first-order valence-corrected chi connectivity index (χ1v) is 14.0. The van der Waals surface area contributed by atoms with E-state index in [4.69, 9.17) is 0 Å². The molecule has 10 heteroatoms. The number of hydrogen-bond acceptors (Lipinski definition) is 5. The monoisotopic (exact) mass is 493 g/mol. The Morgan fingerprint density at radius 2 is 1.33 bits per heavy atom. The van der Waals surface area contributed by atoms with E-state index >= 15 is 0 Å². The molecule has 1 fully saturated rings. The molecule has 0 bridgehead atoms. The van der Waals surface area contributed by atoms with E-state index in [0.717, 1.165) is 34.1 Å². The predicted molar refractivity (Wildman–Crippen MR) is 130 cm³/mol. The quantitative estimate of drug-likeness (QED) is 0.690. The molecule has 1 saturated heterocycles. The number of amides is 1. The number of benzene rings is 2. The zero-order valence-corrected chi connectivity index (χ0v) is 21.5. The summed E-state index contributed by atoms with van der Waals surface area (Å²) < 4.78 is 53.8. The molecule has 1 heterocycles. The lowest BCUT2D eigenvalue weighted by atomic mass is 9.95. The summed E-state index contributed by atoms with van der Waals surface area (Å²) >= 11 is 0. The van der Waals surface area contributed by atoms with Crippen LogP contribution >= 0.6 is 0 Å². The highest BCUT2D eigenvalue weighted by Crippen LogP contribution is 2.32. The van der Waals surface area contributed by atoms with Crippen LogP contribution in [0.4, 0.5) is 5.69 Å². The van der Waals surface area contributed by atoms with Gasteiger partial charge in [-0.2, -0.15) is 4.31 Å². The van der Waals surface area contributed by atoms with Crippen LogP contribution in [0, 0.1) is 34.6 Å². The van der Waals surface area contributed by atoms with Crippen LogP contribution in [0.15, 0.2) is 29.2 Å². The summed E-state index contributed by atoms with van der Waals surface area (Å²) in [5.74, 6) is -0.265. The molecular formula is C23H31N3O5S2. The fourth-order valence-corrected chi connectivity index (χ4v) is 6.76. The van der Waals surface area contributed by atoms with Crippen molar-refractivity contribution in [2.75, 3.05) is 37.2 Å². The normalized spacial score (nSPS) is 15.5. The lowest BCUT2D eigenvalue weighted by Crippen LogP contribution is -2.50. The van der Waals surface area contributed by atoms with Crippen molar-refractivity contribution in [3.63, 3.8) is 0 Å². The van der Waals surface area contributed by atoms with Crippen LogP contribution in [0.3, 0.4) is 0 Å². The highest BCUT2D eigenvalue weighted by atomic mass is 32.2. The SMILES string of the molecule is Cc1c(C)c(C)c(S(=O)(=O)N2CCN(C(=O)c3cccc(NS(C)(=O)=O)c3)CC2)c(C)c1C. The molecule has 0 aromatic heterocycles. The second-order valence-corrected chi connectivity index (χ2v) is 12.2. The Labute approximate surface area is 196 Å². The zero-order chi connectivity index (χ0) is 24.7. The van der Waals surface area contributed by atoms with Crippen LogP contribution in [0.5, 0.6) is 0 Å². The van der Waals surface area contributed by atoms with Gasteiger partial charge in [-0.05, 0) is 80.6 Å². The highest BCUT2D eigenvalue weighted by Gasteiger charge is 2.33. The van der Waals surface area contributed by atoms with E-state index < -0.39 is 20.0 Å². The number of sulfonamides is 2. The summed E-state index contributed by atoms with van der Waals surface area (Å²) in [6.07, 6.45) is 1.04. The van der Waals surface area contributed by atoms with Gasteiger partial charge in [0.2, 0.25) is 20.0 Å². The average molecular weight is 494 g/mol. The Bertz CT molecular complexity index is 1280.